The lowest BCUT2D eigenvalue weighted by atomic mass is 9.96. The molecule has 0 bridgehead atoms. The van der Waals surface area contributed by atoms with Crippen molar-refractivity contribution in [2.75, 3.05) is 32.7 Å². The van der Waals surface area contributed by atoms with Gasteiger partial charge in [0.15, 0.2) is 0 Å². The topological polar surface area (TPSA) is 81.8 Å². The fourth-order valence-electron chi connectivity index (χ4n) is 3.06. The first-order chi connectivity index (χ1) is 10.5. The SMILES string of the molecule is CC(=O)N1CCN(CC(=O)NC(=O)NC2CCCCC2)CC1. The number of urea groups is 1. The maximum absolute atomic E-state index is 11.9. The molecular formula is C15H26N4O3. The summed E-state index contributed by atoms with van der Waals surface area (Å²) in [5.41, 5.74) is 0. The van der Waals surface area contributed by atoms with Crippen molar-refractivity contribution >= 4 is 17.8 Å². The molecule has 0 radical (unpaired) electrons. The second-order valence-corrected chi connectivity index (χ2v) is 6.14. The summed E-state index contributed by atoms with van der Waals surface area (Å²) in [5, 5.41) is 5.26. The highest BCUT2D eigenvalue weighted by Crippen LogP contribution is 2.17. The number of amides is 4. The normalized spacial score (nSPS) is 20.5. The van der Waals surface area contributed by atoms with Crippen molar-refractivity contribution in [3.05, 3.63) is 0 Å². The molecule has 7 nitrogen and oxygen atoms in total. The second-order valence-electron chi connectivity index (χ2n) is 6.14. The molecule has 4 amide bonds. The van der Waals surface area contributed by atoms with Crippen molar-refractivity contribution in [3.8, 4) is 0 Å². The number of nitrogens with one attached hydrogen (secondary N) is 2. The molecule has 0 aromatic carbocycles. The van der Waals surface area contributed by atoms with E-state index in [4.69, 9.17) is 0 Å². The van der Waals surface area contributed by atoms with Gasteiger partial charge in [-0.2, -0.15) is 0 Å². The average molecular weight is 310 g/mol. The summed E-state index contributed by atoms with van der Waals surface area (Å²) in [6.45, 7) is 4.35. The molecule has 0 unspecified atom stereocenters. The van der Waals surface area contributed by atoms with Gasteiger partial charge < -0.3 is 10.2 Å². The molecule has 1 aliphatic carbocycles. The van der Waals surface area contributed by atoms with Crippen molar-refractivity contribution in [2.24, 2.45) is 0 Å². The van der Waals surface area contributed by atoms with E-state index in [9.17, 15) is 14.4 Å². The van der Waals surface area contributed by atoms with Crippen LogP contribution in [-0.4, -0.2) is 66.4 Å². The predicted molar refractivity (Wildman–Crippen MR) is 82.2 cm³/mol. The molecule has 1 saturated heterocycles. The van der Waals surface area contributed by atoms with E-state index in [0.717, 1.165) is 25.7 Å². The van der Waals surface area contributed by atoms with E-state index in [1.807, 2.05) is 4.90 Å². The molecule has 0 aromatic rings. The Morgan fingerprint density at radius 2 is 1.64 bits per heavy atom. The van der Waals surface area contributed by atoms with Crippen molar-refractivity contribution in [3.63, 3.8) is 0 Å². The molecule has 2 fully saturated rings. The lowest BCUT2D eigenvalue weighted by Gasteiger charge is -2.33. The van der Waals surface area contributed by atoms with Gasteiger partial charge in [0.05, 0.1) is 6.54 Å². The van der Waals surface area contributed by atoms with Gasteiger partial charge in [0, 0.05) is 39.1 Å². The van der Waals surface area contributed by atoms with Crippen LogP contribution in [0, 0.1) is 0 Å². The third kappa shape index (κ3) is 5.29. The highest BCUT2D eigenvalue weighted by atomic mass is 16.2. The summed E-state index contributed by atoms with van der Waals surface area (Å²) in [5.74, 6) is -0.222. The van der Waals surface area contributed by atoms with Crippen molar-refractivity contribution in [2.45, 2.75) is 45.1 Å². The Hall–Kier alpha value is -1.63. The minimum Gasteiger partial charge on any atom is -0.340 e. The number of piperazine rings is 1. The van der Waals surface area contributed by atoms with Crippen molar-refractivity contribution < 1.29 is 14.4 Å². The van der Waals surface area contributed by atoms with Gasteiger partial charge in [-0.1, -0.05) is 19.3 Å². The van der Waals surface area contributed by atoms with Crippen LogP contribution in [0.2, 0.25) is 0 Å². The van der Waals surface area contributed by atoms with Crippen LogP contribution in [0.25, 0.3) is 0 Å². The van der Waals surface area contributed by atoms with E-state index in [2.05, 4.69) is 10.6 Å². The molecule has 0 aromatic heterocycles. The van der Waals surface area contributed by atoms with Crippen LogP contribution in [0.1, 0.15) is 39.0 Å². The molecule has 0 spiro atoms. The molecule has 1 saturated carbocycles. The molecule has 1 aliphatic heterocycles. The third-order valence-electron chi connectivity index (χ3n) is 4.38. The number of carbonyl (C=O) groups excluding carboxylic acids is 3. The molecule has 2 N–H and O–H groups in total. The summed E-state index contributed by atoms with van der Waals surface area (Å²) in [7, 11) is 0. The molecule has 22 heavy (non-hydrogen) atoms. The molecular weight excluding hydrogens is 284 g/mol. The largest absolute Gasteiger partial charge is 0.340 e. The number of hydrogen-bond acceptors (Lipinski definition) is 4. The lowest BCUT2D eigenvalue weighted by Crippen LogP contribution is -2.52. The Morgan fingerprint density at radius 1 is 1.00 bits per heavy atom. The highest BCUT2D eigenvalue weighted by molar-refractivity contribution is 5.95. The van der Waals surface area contributed by atoms with Gasteiger partial charge in [-0.15, -0.1) is 0 Å². The Morgan fingerprint density at radius 3 is 2.23 bits per heavy atom. The van der Waals surface area contributed by atoms with Crippen LogP contribution in [-0.2, 0) is 9.59 Å². The molecule has 1 heterocycles. The minimum atomic E-state index is -0.390. The Kier molecular flexibility index (Phi) is 6.18. The number of nitrogens with zero attached hydrogens (tertiary/aromatic N) is 2. The van der Waals surface area contributed by atoms with Crippen LogP contribution in [0.4, 0.5) is 4.79 Å². The van der Waals surface area contributed by atoms with Crippen LogP contribution in [0.5, 0.6) is 0 Å². The second kappa shape index (κ2) is 8.12. The minimum absolute atomic E-state index is 0.0657. The summed E-state index contributed by atoms with van der Waals surface area (Å²) in [6, 6.07) is -0.195. The highest BCUT2D eigenvalue weighted by Gasteiger charge is 2.22. The van der Waals surface area contributed by atoms with Gasteiger partial charge in [-0.25, -0.2) is 4.79 Å². The smallest absolute Gasteiger partial charge is 0.321 e. The van der Waals surface area contributed by atoms with E-state index >= 15 is 0 Å². The lowest BCUT2D eigenvalue weighted by molar-refractivity contribution is -0.130. The number of hydrogen-bond donors (Lipinski definition) is 2. The van der Waals surface area contributed by atoms with Crippen LogP contribution in [0.3, 0.4) is 0 Å². The van der Waals surface area contributed by atoms with E-state index in [0.29, 0.717) is 26.2 Å². The zero-order valence-electron chi connectivity index (χ0n) is 13.3. The van der Waals surface area contributed by atoms with Gasteiger partial charge in [0.1, 0.15) is 0 Å². The van der Waals surface area contributed by atoms with Crippen molar-refractivity contribution in [1.29, 1.82) is 0 Å². The molecule has 2 aliphatic rings. The van der Waals surface area contributed by atoms with Crippen LogP contribution in [0.15, 0.2) is 0 Å². The summed E-state index contributed by atoms with van der Waals surface area (Å²) in [4.78, 5) is 38.6. The zero-order valence-corrected chi connectivity index (χ0v) is 13.3. The van der Waals surface area contributed by atoms with E-state index < -0.39 is 0 Å². The zero-order chi connectivity index (χ0) is 15.9. The Balaban J connectivity index is 1.65. The Bertz CT molecular complexity index is 413. The fraction of sp³-hybridized carbons (Fsp3) is 0.800. The van der Waals surface area contributed by atoms with Gasteiger partial charge in [0.25, 0.3) is 0 Å². The summed E-state index contributed by atoms with van der Waals surface area (Å²) >= 11 is 0. The summed E-state index contributed by atoms with van der Waals surface area (Å²) in [6.07, 6.45) is 5.49. The molecule has 124 valence electrons. The van der Waals surface area contributed by atoms with E-state index in [1.165, 1.54) is 6.42 Å². The van der Waals surface area contributed by atoms with Gasteiger partial charge in [-0.05, 0) is 12.8 Å². The Labute approximate surface area is 131 Å². The summed E-state index contributed by atoms with van der Waals surface area (Å²) < 4.78 is 0. The van der Waals surface area contributed by atoms with Gasteiger partial charge in [0.2, 0.25) is 11.8 Å². The first kappa shape index (κ1) is 16.7. The standard InChI is InChI=1S/C15H26N4O3/c1-12(20)19-9-7-18(8-10-19)11-14(21)17-15(22)16-13-5-3-2-4-6-13/h13H,2-11H2,1H3,(H2,16,17,21,22). The predicted octanol–water partition coefficient (Wildman–Crippen LogP) is 0.309. The van der Waals surface area contributed by atoms with E-state index in [1.54, 1.807) is 11.8 Å². The maximum Gasteiger partial charge on any atom is 0.321 e. The molecule has 0 atom stereocenters. The van der Waals surface area contributed by atoms with Gasteiger partial charge >= 0.3 is 6.03 Å². The number of imide groups is 1. The first-order valence-corrected chi connectivity index (χ1v) is 8.13. The van der Waals surface area contributed by atoms with Crippen LogP contribution < -0.4 is 10.6 Å². The number of carbonyl (C=O) groups is 3. The molecule has 2 rings (SSSR count). The quantitative estimate of drug-likeness (QED) is 0.786. The van der Waals surface area contributed by atoms with Gasteiger partial charge in [-0.3, -0.25) is 19.8 Å². The third-order valence-corrected chi connectivity index (χ3v) is 4.38. The van der Waals surface area contributed by atoms with Crippen LogP contribution >= 0.6 is 0 Å². The number of rotatable bonds is 3. The van der Waals surface area contributed by atoms with E-state index in [-0.39, 0.29) is 30.4 Å². The fourth-order valence-corrected chi connectivity index (χ4v) is 3.06. The maximum atomic E-state index is 11.9. The monoisotopic (exact) mass is 310 g/mol. The first-order valence-electron chi connectivity index (χ1n) is 8.13. The van der Waals surface area contributed by atoms with Crippen molar-refractivity contribution in [1.82, 2.24) is 20.4 Å². The average Bonchev–Trinajstić information content (AvgIpc) is 2.48. The molecule has 7 heteroatoms.